The van der Waals surface area contributed by atoms with Crippen LogP contribution in [0.15, 0.2) is 0 Å². The van der Waals surface area contributed by atoms with Crippen molar-refractivity contribution in [3.8, 4) is 0 Å². The van der Waals surface area contributed by atoms with Gasteiger partial charge in [0.2, 0.25) is 5.91 Å². The van der Waals surface area contributed by atoms with Crippen molar-refractivity contribution in [2.45, 2.75) is 65.0 Å². The summed E-state index contributed by atoms with van der Waals surface area (Å²) in [4.78, 5) is 25.1. The Labute approximate surface area is 121 Å². The number of rotatable bonds is 7. The number of piperidine rings is 1. The lowest BCUT2D eigenvalue weighted by Crippen LogP contribution is -2.52. The molecule has 0 saturated carbocycles. The van der Waals surface area contributed by atoms with Gasteiger partial charge in [0.15, 0.2) is 0 Å². The number of likely N-dealkylation sites (tertiary alicyclic amines) is 1. The van der Waals surface area contributed by atoms with Gasteiger partial charge in [0, 0.05) is 12.6 Å². The summed E-state index contributed by atoms with van der Waals surface area (Å²) in [5, 5.41) is 11.9. The molecule has 1 heterocycles. The van der Waals surface area contributed by atoms with Crippen LogP contribution in [0.3, 0.4) is 0 Å². The van der Waals surface area contributed by atoms with Gasteiger partial charge in [-0.05, 0) is 38.6 Å². The molecule has 1 rings (SSSR count). The van der Waals surface area contributed by atoms with Gasteiger partial charge in [-0.25, -0.2) is 0 Å². The Hall–Kier alpha value is -1.10. The van der Waals surface area contributed by atoms with Gasteiger partial charge in [-0.3, -0.25) is 14.5 Å². The fourth-order valence-corrected chi connectivity index (χ4v) is 2.74. The molecule has 20 heavy (non-hydrogen) atoms. The molecule has 5 nitrogen and oxygen atoms in total. The molecule has 0 bridgehead atoms. The summed E-state index contributed by atoms with van der Waals surface area (Å²) in [5.74, 6) is -0.197. The van der Waals surface area contributed by atoms with E-state index in [9.17, 15) is 9.59 Å². The second kappa shape index (κ2) is 8.25. The molecule has 0 spiro atoms. The molecule has 1 aliphatic rings. The summed E-state index contributed by atoms with van der Waals surface area (Å²) in [6, 6.07) is -0.251. The van der Waals surface area contributed by atoms with E-state index in [1.165, 1.54) is 0 Å². The first-order valence-electron chi connectivity index (χ1n) is 7.67. The van der Waals surface area contributed by atoms with E-state index in [2.05, 4.69) is 24.1 Å². The quantitative estimate of drug-likeness (QED) is 0.749. The Morgan fingerprint density at radius 3 is 2.60 bits per heavy atom. The Kier molecular flexibility index (Phi) is 6.99. The van der Waals surface area contributed by atoms with E-state index >= 15 is 0 Å². The van der Waals surface area contributed by atoms with Crippen molar-refractivity contribution in [3.05, 3.63) is 0 Å². The average molecular weight is 284 g/mol. The molecule has 0 aromatic heterocycles. The third-order valence-electron chi connectivity index (χ3n) is 3.98. The lowest BCUT2D eigenvalue weighted by molar-refractivity contribution is -0.140. The highest BCUT2D eigenvalue weighted by Gasteiger charge is 2.31. The van der Waals surface area contributed by atoms with Crippen LogP contribution in [0.1, 0.15) is 52.9 Å². The minimum absolute atomic E-state index is 0.00732. The molecule has 1 aliphatic heterocycles. The first-order valence-corrected chi connectivity index (χ1v) is 7.67. The van der Waals surface area contributed by atoms with Crippen LogP contribution in [0.2, 0.25) is 0 Å². The van der Waals surface area contributed by atoms with Crippen molar-refractivity contribution in [1.82, 2.24) is 10.2 Å². The van der Waals surface area contributed by atoms with Crippen LogP contribution < -0.4 is 5.32 Å². The highest BCUT2D eigenvalue weighted by molar-refractivity contribution is 5.81. The lowest BCUT2D eigenvalue weighted by Gasteiger charge is -2.38. The molecule has 0 aromatic rings. The van der Waals surface area contributed by atoms with Gasteiger partial charge < -0.3 is 10.4 Å². The summed E-state index contributed by atoms with van der Waals surface area (Å²) in [6.07, 6.45) is 4.06. The summed E-state index contributed by atoms with van der Waals surface area (Å²) in [7, 11) is 0. The molecule has 5 heteroatoms. The molecule has 1 saturated heterocycles. The Morgan fingerprint density at radius 2 is 2.00 bits per heavy atom. The van der Waals surface area contributed by atoms with E-state index in [1.54, 1.807) is 0 Å². The van der Waals surface area contributed by atoms with Crippen LogP contribution >= 0.6 is 0 Å². The molecule has 2 N–H and O–H groups in total. The molecule has 0 aromatic carbocycles. The number of hydrogen-bond donors (Lipinski definition) is 2. The number of amides is 1. The van der Waals surface area contributed by atoms with E-state index in [1.807, 2.05) is 6.92 Å². The third-order valence-corrected chi connectivity index (χ3v) is 3.98. The second-order valence-electron chi connectivity index (χ2n) is 6.13. The summed E-state index contributed by atoms with van der Waals surface area (Å²) >= 11 is 0. The van der Waals surface area contributed by atoms with Crippen LogP contribution in [0.25, 0.3) is 0 Å². The zero-order valence-corrected chi connectivity index (χ0v) is 12.9. The monoisotopic (exact) mass is 284 g/mol. The van der Waals surface area contributed by atoms with E-state index in [4.69, 9.17) is 5.11 Å². The zero-order valence-electron chi connectivity index (χ0n) is 12.9. The molecule has 1 fully saturated rings. The minimum atomic E-state index is -0.783. The molecule has 2 atom stereocenters. The summed E-state index contributed by atoms with van der Waals surface area (Å²) < 4.78 is 0. The van der Waals surface area contributed by atoms with Crippen molar-refractivity contribution in [3.63, 3.8) is 0 Å². The van der Waals surface area contributed by atoms with Gasteiger partial charge in [-0.2, -0.15) is 0 Å². The number of hydrogen-bond acceptors (Lipinski definition) is 3. The standard InChI is InChI=1S/C15H28N2O3/c1-11(2)7-8-16-15(20)12(3)17-9-5-4-6-13(17)10-14(18)19/h11-13H,4-10H2,1-3H3,(H,16,20)(H,18,19). The highest BCUT2D eigenvalue weighted by Crippen LogP contribution is 2.22. The summed E-state index contributed by atoms with van der Waals surface area (Å²) in [5.41, 5.74) is 0. The number of carboxylic acids is 1. The van der Waals surface area contributed by atoms with E-state index in [0.717, 1.165) is 32.2 Å². The van der Waals surface area contributed by atoms with E-state index < -0.39 is 5.97 Å². The SMILES string of the molecule is CC(C)CCNC(=O)C(C)N1CCCCC1CC(=O)O. The predicted molar refractivity (Wildman–Crippen MR) is 78.5 cm³/mol. The Balaban J connectivity index is 2.51. The Bertz CT molecular complexity index is 331. The number of nitrogens with zero attached hydrogens (tertiary/aromatic N) is 1. The molecular formula is C15H28N2O3. The first-order chi connectivity index (χ1) is 9.41. The van der Waals surface area contributed by atoms with E-state index in [0.29, 0.717) is 12.5 Å². The summed E-state index contributed by atoms with van der Waals surface area (Å²) in [6.45, 7) is 7.64. The molecule has 2 unspecified atom stereocenters. The minimum Gasteiger partial charge on any atom is -0.481 e. The zero-order chi connectivity index (χ0) is 15.1. The van der Waals surface area contributed by atoms with Crippen molar-refractivity contribution in [1.29, 1.82) is 0 Å². The first kappa shape index (κ1) is 17.0. The van der Waals surface area contributed by atoms with Crippen molar-refractivity contribution in [2.24, 2.45) is 5.92 Å². The topological polar surface area (TPSA) is 69.6 Å². The molecular weight excluding hydrogens is 256 g/mol. The lowest BCUT2D eigenvalue weighted by atomic mass is 9.97. The van der Waals surface area contributed by atoms with Gasteiger partial charge in [-0.1, -0.05) is 20.3 Å². The van der Waals surface area contributed by atoms with Crippen LogP contribution in [0, 0.1) is 5.92 Å². The average Bonchev–Trinajstić information content (AvgIpc) is 2.37. The number of carbonyl (C=O) groups is 2. The number of aliphatic carboxylic acids is 1. The van der Waals surface area contributed by atoms with Crippen LogP contribution in [0.4, 0.5) is 0 Å². The van der Waals surface area contributed by atoms with Crippen LogP contribution in [-0.2, 0) is 9.59 Å². The number of carboxylic acid groups (broad SMARTS) is 1. The Morgan fingerprint density at radius 1 is 1.30 bits per heavy atom. The van der Waals surface area contributed by atoms with Gasteiger partial charge in [0.05, 0.1) is 12.5 Å². The van der Waals surface area contributed by atoms with Gasteiger partial charge >= 0.3 is 5.97 Å². The maximum Gasteiger partial charge on any atom is 0.304 e. The van der Waals surface area contributed by atoms with Crippen LogP contribution in [0.5, 0.6) is 0 Å². The van der Waals surface area contributed by atoms with Crippen molar-refractivity contribution in [2.75, 3.05) is 13.1 Å². The smallest absolute Gasteiger partial charge is 0.304 e. The van der Waals surface area contributed by atoms with Gasteiger partial charge in [0.25, 0.3) is 0 Å². The fraction of sp³-hybridized carbons (Fsp3) is 0.867. The van der Waals surface area contributed by atoms with Crippen molar-refractivity contribution >= 4 is 11.9 Å². The molecule has 1 amide bonds. The maximum absolute atomic E-state index is 12.2. The number of nitrogens with one attached hydrogen (secondary N) is 1. The number of carbonyl (C=O) groups excluding carboxylic acids is 1. The fourth-order valence-electron chi connectivity index (χ4n) is 2.74. The largest absolute Gasteiger partial charge is 0.481 e. The highest BCUT2D eigenvalue weighted by atomic mass is 16.4. The normalized spacial score (nSPS) is 21.7. The molecule has 0 aliphatic carbocycles. The molecule has 0 radical (unpaired) electrons. The van der Waals surface area contributed by atoms with E-state index in [-0.39, 0.29) is 24.4 Å². The van der Waals surface area contributed by atoms with Gasteiger partial charge in [-0.15, -0.1) is 0 Å². The predicted octanol–water partition coefficient (Wildman–Crippen LogP) is 1.87. The van der Waals surface area contributed by atoms with Crippen LogP contribution in [-0.4, -0.2) is 47.1 Å². The van der Waals surface area contributed by atoms with Crippen molar-refractivity contribution < 1.29 is 14.7 Å². The second-order valence-corrected chi connectivity index (χ2v) is 6.13. The third kappa shape index (κ3) is 5.49. The maximum atomic E-state index is 12.2. The van der Waals surface area contributed by atoms with Gasteiger partial charge in [0.1, 0.15) is 0 Å². The molecule has 116 valence electrons.